The van der Waals surface area contributed by atoms with E-state index in [1.807, 2.05) is 15.9 Å². The van der Waals surface area contributed by atoms with Crippen molar-refractivity contribution in [3.05, 3.63) is 59.4 Å². The number of rotatable bonds is 4. The molecule has 5 rings (SSSR count). The van der Waals surface area contributed by atoms with Crippen molar-refractivity contribution in [3.63, 3.8) is 0 Å². The third-order valence-corrected chi connectivity index (χ3v) is 7.37. The van der Waals surface area contributed by atoms with E-state index in [0.717, 1.165) is 25.2 Å². The van der Waals surface area contributed by atoms with E-state index in [-0.39, 0.29) is 17.5 Å². The first-order valence-corrected chi connectivity index (χ1v) is 13.6. The topological polar surface area (TPSA) is 97.5 Å². The molecule has 4 amide bonds. The molecule has 0 saturated carbocycles. The number of nitrogens with zero attached hydrogens (tertiary/aromatic N) is 4. The second-order valence-electron chi connectivity index (χ2n) is 9.95. The number of urea groups is 1. The largest absolute Gasteiger partial charge is 0.378 e. The number of morpholine rings is 1. The van der Waals surface area contributed by atoms with Gasteiger partial charge in [-0.3, -0.25) is 9.59 Å². The molecule has 10 nitrogen and oxygen atoms in total. The Morgan fingerprint density at radius 2 is 1.56 bits per heavy atom. The van der Waals surface area contributed by atoms with Gasteiger partial charge in [0.15, 0.2) is 0 Å². The lowest BCUT2D eigenvalue weighted by atomic mass is 10.1. The maximum absolute atomic E-state index is 13.8. The Morgan fingerprint density at radius 1 is 0.795 bits per heavy atom. The van der Waals surface area contributed by atoms with Crippen LogP contribution in [0.25, 0.3) is 0 Å². The molecule has 2 aromatic rings. The van der Waals surface area contributed by atoms with Gasteiger partial charge in [0.1, 0.15) is 5.82 Å². The summed E-state index contributed by atoms with van der Waals surface area (Å²) in [5.74, 6) is -1.05. The molecular weight excluding hydrogens is 503 g/mol. The average molecular weight is 539 g/mol. The van der Waals surface area contributed by atoms with Crippen molar-refractivity contribution in [3.8, 4) is 0 Å². The monoisotopic (exact) mass is 538 g/mol. The smallest absolute Gasteiger partial charge is 0.320 e. The second kappa shape index (κ2) is 12.4. The summed E-state index contributed by atoms with van der Waals surface area (Å²) in [6.45, 7) is 7.43. The van der Waals surface area contributed by atoms with Crippen LogP contribution in [-0.4, -0.2) is 111 Å². The van der Waals surface area contributed by atoms with Gasteiger partial charge in [-0.15, -0.1) is 0 Å². The first kappa shape index (κ1) is 26.9. The van der Waals surface area contributed by atoms with Crippen molar-refractivity contribution in [1.29, 1.82) is 0 Å². The van der Waals surface area contributed by atoms with Crippen LogP contribution in [0.4, 0.5) is 20.6 Å². The van der Waals surface area contributed by atoms with Crippen LogP contribution in [0.5, 0.6) is 0 Å². The molecule has 0 radical (unpaired) electrons. The number of hydrogen-bond acceptors (Lipinski definition) is 6. The number of piperazine rings is 1. The summed E-state index contributed by atoms with van der Waals surface area (Å²) in [4.78, 5) is 47.0. The van der Waals surface area contributed by atoms with Gasteiger partial charge in [-0.05, 0) is 42.8 Å². The lowest BCUT2D eigenvalue weighted by Crippen LogP contribution is -2.49. The number of nitrogens with one attached hydrogen (secondary N) is 2. The summed E-state index contributed by atoms with van der Waals surface area (Å²) in [6.07, 6.45) is 0.759. The van der Waals surface area contributed by atoms with Crippen LogP contribution >= 0.6 is 0 Å². The van der Waals surface area contributed by atoms with Crippen molar-refractivity contribution < 1.29 is 23.5 Å². The Labute approximate surface area is 227 Å². The number of carbonyl (C=O) groups excluding carboxylic acids is 3. The van der Waals surface area contributed by atoms with Crippen LogP contribution in [0.3, 0.4) is 0 Å². The van der Waals surface area contributed by atoms with Crippen LogP contribution in [0, 0.1) is 5.82 Å². The van der Waals surface area contributed by atoms with Crippen molar-refractivity contribution in [2.24, 2.45) is 0 Å². The van der Waals surface area contributed by atoms with Crippen LogP contribution in [0.2, 0.25) is 0 Å². The number of hydrogen-bond donors (Lipinski definition) is 2. The van der Waals surface area contributed by atoms with Crippen LogP contribution in [0.15, 0.2) is 42.5 Å². The molecular formula is C28H35FN6O4. The molecule has 208 valence electrons. The minimum Gasteiger partial charge on any atom is -0.378 e. The summed E-state index contributed by atoms with van der Waals surface area (Å²) in [6, 6.07) is 10.9. The summed E-state index contributed by atoms with van der Waals surface area (Å²) >= 11 is 0. The number of carbonyl (C=O) groups is 3. The minimum absolute atomic E-state index is 0.0248. The van der Waals surface area contributed by atoms with E-state index in [9.17, 15) is 18.8 Å². The van der Waals surface area contributed by atoms with E-state index >= 15 is 0 Å². The summed E-state index contributed by atoms with van der Waals surface area (Å²) in [5.41, 5.74) is 1.92. The molecule has 2 aromatic carbocycles. The molecule has 3 aliphatic rings. The van der Waals surface area contributed by atoms with Crippen LogP contribution in [0.1, 0.15) is 27.1 Å². The van der Waals surface area contributed by atoms with Gasteiger partial charge in [-0.2, -0.15) is 0 Å². The third kappa shape index (κ3) is 6.48. The average Bonchev–Trinajstić information content (AvgIpc) is 3.23. The Balaban J connectivity index is 1.37. The molecule has 2 N–H and O–H groups in total. The summed E-state index contributed by atoms with van der Waals surface area (Å²) < 4.78 is 19.2. The normalized spacial score (nSPS) is 18.5. The number of benzene rings is 2. The van der Waals surface area contributed by atoms with Gasteiger partial charge in [0.2, 0.25) is 0 Å². The van der Waals surface area contributed by atoms with E-state index in [0.29, 0.717) is 76.8 Å². The van der Waals surface area contributed by atoms with Gasteiger partial charge in [0, 0.05) is 76.6 Å². The molecule has 0 unspecified atom stereocenters. The number of anilines is 2. The van der Waals surface area contributed by atoms with Gasteiger partial charge in [0.25, 0.3) is 11.8 Å². The van der Waals surface area contributed by atoms with Gasteiger partial charge < -0.3 is 35.0 Å². The van der Waals surface area contributed by atoms with Gasteiger partial charge in [0.05, 0.1) is 24.6 Å². The molecule has 3 aliphatic heterocycles. The maximum Gasteiger partial charge on any atom is 0.320 e. The van der Waals surface area contributed by atoms with Crippen molar-refractivity contribution in [2.45, 2.75) is 6.42 Å². The highest BCUT2D eigenvalue weighted by atomic mass is 19.1. The number of halogens is 1. The molecule has 3 fully saturated rings. The maximum atomic E-state index is 13.8. The quantitative estimate of drug-likeness (QED) is 0.619. The second-order valence-corrected chi connectivity index (χ2v) is 9.95. The highest BCUT2D eigenvalue weighted by molar-refractivity contribution is 6.07. The number of ether oxygens (including phenoxy) is 1. The molecule has 0 bridgehead atoms. The fraction of sp³-hybridized carbons (Fsp3) is 0.464. The van der Waals surface area contributed by atoms with E-state index in [4.69, 9.17) is 4.74 Å². The Hall–Kier alpha value is -3.70. The molecule has 11 heteroatoms. The van der Waals surface area contributed by atoms with E-state index < -0.39 is 11.7 Å². The zero-order valence-corrected chi connectivity index (χ0v) is 22.0. The van der Waals surface area contributed by atoms with Crippen molar-refractivity contribution in [1.82, 2.24) is 20.0 Å². The fourth-order valence-electron chi connectivity index (χ4n) is 5.22. The Bertz CT molecular complexity index is 1200. The van der Waals surface area contributed by atoms with Gasteiger partial charge in [-0.1, -0.05) is 6.07 Å². The first-order chi connectivity index (χ1) is 19.0. The Kier molecular flexibility index (Phi) is 8.58. The lowest BCUT2D eigenvalue weighted by Gasteiger charge is -2.32. The molecule has 0 aliphatic carbocycles. The van der Waals surface area contributed by atoms with E-state index in [1.165, 1.54) is 18.2 Å². The molecule has 0 aromatic heterocycles. The minimum atomic E-state index is -0.497. The standard InChI is InChI=1S/C28H35FN6O4/c29-23-4-1-3-21(19-23)26(36)31-24-20-22(27(37)33-11-7-30-8-12-33)5-6-25(24)32-9-2-10-34(14-13-32)28(38)35-15-17-39-18-16-35/h1,3-6,19-20,30H,2,7-18H2,(H,31,36). The molecule has 0 atom stereocenters. The zero-order chi connectivity index (χ0) is 27.2. The predicted molar refractivity (Wildman–Crippen MR) is 146 cm³/mol. The summed E-state index contributed by atoms with van der Waals surface area (Å²) in [5, 5.41) is 6.17. The van der Waals surface area contributed by atoms with Gasteiger partial charge in [-0.25, -0.2) is 9.18 Å². The lowest BCUT2D eigenvalue weighted by molar-refractivity contribution is 0.0438. The first-order valence-electron chi connectivity index (χ1n) is 13.6. The predicted octanol–water partition coefficient (Wildman–Crippen LogP) is 2.09. The SMILES string of the molecule is O=C(Nc1cc(C(=O)N2CCNCC2)ccc1N1CCCN(C(=O)N2CCOCC2)CC1)c1cccc(F)c1. The molecule has 3 heterocycles. The van der Waals surface area contributed by atoms with Crippen LogP contribution < -0.4 is 15.5 Å². The summed E-state index contributed by atoms with van der Waals surface area (Å²) in [7, 11) is 0. The van der Waals surface area contributed by atoms with E-state index in [1.54, 1.807) is 23.1 Å². The number of amides is 4. The van der Waals surface area contributed by atoms with Crippen molar-refractivity contribution >= 4 is 29.2 Å². The van der Waals surface area contributed by atoms with Gasteiger partial charge >= 0.3 is 6.03 Å². The zero-order valence-electron chi connectivity index (χ0n) is 22.0. The highest BCUT2D eigenvalue weighted by Crippen LogP contribution is 2.30. The fourth-order valence-corrected chi connectivity index (χ4v) is 5.22. The van der Waals surface area contributed by atoms with Crippen LogP contribution in [-0.2, 0) is 4.74 Å². The molecule has 0 spiro atoms. The highest BCUT2D eigenvalue weighted by Gasteiger charge is 2.27. The third-order valence-electron chi connectivity index (χ3n) is 7.37. The molecule has 3 saturated heterocycles. The molecule has 39 heavy (non-hydrogen) atoms. The van der Waals surface area contributed by atoms with E-state index in [2.05, 4.69) is 15.5 Å². The van der Waals surface area contributed by atoms with Crippen molar-refractivity contribution in [2.75, 3.05) is 88.9 Å². The Morgan fingerprint density at radius 3 is 2.33 bits per heavy atom.